The molecule has 2 rings (SSSR count). The van der Waals surface area contributed by atoms with Gasteiger partial charge in [0.15, 0.2) is 0 Å². The van der Waals surface area contributed by atoms with E-state index in [1.165, 1.54) is 18.6 Å². The second-order valence-electron chi connectivity index (χ2n) is 4.76. The van der Waals surface area contributed by atoms with Crippen LogP contribution in [0.1, 0.15) is 18.9 Å². The van der Waals surface area contributed by atoms with Gasteiger partial charge in [-0.05, 0) is 31.2 Å². The van der Waals surface area contributed by atoms with Crippen molar-refractivity contribution in [3.8, 4) is 0 Å². The number of anilines is 1. The maximum absolute atomic E-state index is 13.1. The molecular formula is C14H21FN2O. The SMILES string of the molecule is CCCN1CCN(c2ccc(F)cc2CO)CC1. The molecule has 1 saturated heterocycles. The van der Waals surface area contributed by atoms with Gasteiger partial charge >= 0.3 is 0 Å². The predicted molar refractivity (Wildman–Crippen MR) is 71.3 cm³/mol. The molecule has 0 aliphatic carbocycles. The third-order valence-electron chi connectivity index (χ3n) is 3.46. The van der Waals surface area contributed by atoms with Crippen LogP contribution >= 0.6 is 0 Å². The summed E-state index contributed by atoms with van der Waals surface area (Å²) < 4.78 is 13.1. The van der Waals surface area contributed by atoms with E-state index < -0.39 is 0 Å². The van der Waals surface area contributed by atoms with Crippen LogP contribution < -0.4 is 4.90 Å². The molecule has 100 valence electrons. The van der Waals surface area contributed by atoms with Crippen LogP contribution in [-0.2, 0) is 6.61 Å². The number of piperazine rings is 1. The van der Waals surface area contributed by atoms with Crippen LogP contribution in [0.25, 0.3) is 0 Å². The average Bonchev–Trinajstić information content (AvgIpc) is 2.40. The molecule has 3 nitrogen and oxygen atoms in total. The predicted octanol–water partition coefficient (Wildman–Crippen LogP) is 1.85. The van der Waals surface area contributed by atoms with Gasteiger partial charge in [0.05, 0.1) is 6.61 Å². The molecule has 1 fully saturated rings. The van der Waals surface area contributed by atoms with E-state index in [0.717, 1.165) is 38.4 Å². The summed E-state index contributed by atoms with van der Waals surface area (Å²) in [6.45, 7) is 7.19. The monoisotopic (exact) mass is 252 g/mol. The number of halogens is 1. The molecule has 0 bridgehead atoms. The zero-order chi connectivity index (χ0) is 13.0. The van der Waals surface area contributed by atoms with Gasteiger partial charge < -0.3 is 10.0 Å². The molecule has 0 amide bonds. The summed E-state index contributed by atoms with van der Waals surface area (Å²) in [5, 5.41) is 9.31. The largest absolute Gasteiger partial charge is 0.392 e. The summed E-state index contributed by atoms with van der Waals surface area (Å²) in [4.78, 5) is 4.68. The number of nitrogens with zero attached hydrogens (tertiary/aromatic N) is 2. The Bertz CT molecular complexity index is 389. The lowest BCUT2D eigenvalue weighted by atomic mass is 10.1. The summed E-state index contributed by atoms with van der Waals surface area (Å²) in [5.41, 5.74) is 1.65. The van der Waals surface area contributed by atoms with E-state index in [2.05, 4.69) is 16.7 Å². The third-order valence-corrected chi connectivity index (χ3v) is 3.46. The highest BCUT2D eigenvalue weighted by atomic mass is 19.1. The summed E-state index contributed by atoms with van der Waals surface area (Å²) in [7, 11) is 0. The Morgan fingerprint density at radius 2 is 1.94 bits per heavy atom. The maximum atomic E-state index is 13.1. The molecule has 1 aliphatic heterocycles. The number of hydrogen-bond acceptors (Lipinski definition) is 3. The number of rotatable bonds is 4. The molecule has 4 heteroatoms. The van der Waals surface area contributed by atoms with Gasteiger partial charge in [-0.3, -0.25) is 4.90 Å². The Morgan fingerprint density at radius 3 is 2.56 bits per heavy atom. The third kappa shape index (κ3) is 3.00. The summed E-state index contributed by atoms with van der Waals surface area (Å²) in [6.07, 6.45) is 1.18. The van der Waals surface area contributed by atoms with Crippen molar-refractivity contribution in [1.29, 1.82) is 0 Å². The summed E-state index contributed by atoms with van der Waals surface area (Å²) in [6, 6.07) is 4.66. The zero-order valence-corrected chi connectivity index (χ0v) is 10.9. The van der Waals surface area contributed by atoms with Crippen molar-refractivity contribution in [2.75, 3.05) is 37.6 Å². The lowest BCUT2D eigenvalue weighted by Crippen LogP contribution is -2.46. The quantitative estimate of drug-likeness (QED) is 0.886. The van der Waals surface area contributed by atoms with Gasteiger partial charge in [-0.2, -0.15) is 0 Å². The van der Waals surface area contributed by atoms with Gasteiger partial charge in [-0.1, -0.05) is 6.92 Å². The molecule has 1 N–H and O–H groups in total. The van der Waals surface area contributed by atoms with Crippen LogP contribution in [0.3, 0.4) is 0 Å². The van der Waals surface area contributed by atoms with E-state index in [1.54, 1.807) is 6.07 Å². The standard InChI is InChI=1S/C14H21FN2O/c1-2-5-16-6-8-17(9-7-16)14-4-3-13(15)10-12(14)11-18/h3-4,10,18H,2,5-9,11H2,1H3. The van der Waals surface area contributed by atoms with Gasteiger partial charge in [0.25, 0.3) is 0 Å². The molecule has 0 aromatic heterocycles. The van der Waals surface area contributed by atoms with Crippen LogP contribution in [0.5, 0.6) is 0 Å². The average molecular weight is 252 g/mol. The van der Waals surface area contributed by atoms with Gasteiger partial charge in [0.2, 0.25) is 0 Å². The fourth-order valence-corrected chi connectivity index (χ4v) is 2.52. The van der Waals surface area contributed by atoms with E-state index in [4.69, 9.17) is 0 Å². The highest BCUT2D eigenvalue weighted by Gasteiger charge is 2.18. The first-order valence-corrected chi connectivity index (χ1v) is 6.61. The first-order valence-electron chi connectivity index (χ1n) is 6.61. The van der Waals surface area contributed by atoms with Crippen molar-refractivity contribution in [3.05, 3.63) is 29.6 Å². The molecule has 0 unspecified atom stereocenters. The molecule has 1 aromatic carbocycles. The number of hydrogen-bond donors (Lipinski definition) is 1. The van der Waals surface area contributed by atoms with Crippen molar-refractivity contribution < 1.29 is 9.50 Å². The van der Waals surface area contributed by atoms with Crippen LogP contribution in [-0.4, -0.2) is 42.7 Å². The molecule has 0 radical (unpaired) electrons. The van der Waals surface area contributed by atoms with Gasteiger partial charge in [-0.25, -0.2) is 4.39 Å². The minimum Gasteiger partial charge on any atom is -0.392 e. The highest BCUT2D eigenvalue weighted by molar-refractivity contribution is 5.54. The Balaban J connectivity index is 2.05. The maximum Gasteiger partial charge on any atom is 0.123 e. The normalized spacial score (nSPS) is 17.2. The highest BCUT2D eigenvalue weighted by Crippen LogP contribution is 2.23. The van der Waals surface area contributed by atoms with E-state index >= 15 is 0 Å². The minimum atomic E-state index is -0.285. The number of aliphatic hydroxyl groups is 1. The first kappa shape index (κ1) is 13.3. The van der Waals surface area contributed by atoms with E-state index in [9.17, 15) is 9.50 Å². The Labute approximate surface area is 108 Å². The molecule has 1 aliphatic rings. The number of benzene rings is 1. The second kappa shape index (κ2) is 6.16. The molecule has 0 atom stereocenters. The van der Waals surface area contributed by atoms with Gasteiger partial charge in [0.1, 0.15) is 5.82 Å². The molecule has 0 spiro atoms. The van der Waals surface area contributed by atoms with Crippen LogP contribution in [0.4, 0.5) is 10.1 Å². The Morgan fingerprint density at radius 1 is 1.22 bits per heavy atom. The molecular weight excluding hydrogens is 231 g/mol. The zero-order valence-electron chi connectivity index (χ0n) is 10.9. The topological polar surface area (TPSA) is 26.7 Å². The fourth-order valence-electron chi connectivity index (χ4n) is 2.52. The van der Waals surface area contributed by atoms with Crippen LogP contribution in [0.15, 0.2) is 18.2 Å². The smallest absolute Gasteiger partial charge is 0.123 e. The van der Waals surface area contributed by atoms with Crippen molar-refractivity contribution in [1.82, 2.24) is 4.90 Å². The Hall–Kier alpha value is -1.13. The molecule has 1 aromatic rings. The van der Waals surface area contributed by atoms with E-state index in [0.29, 0.717) is 5.56 Å². The lowest BCUT2D eigenvalue weighted by Gasteiger charge is -2.36. The van der Waals surface area contributed by atoms with E-state index in [1.807, 2.05) is 0 Å². The summed E-state index contributed by atoms with van der Waals surface area (Å²) >= 11 is 0. The van der Waals surface area contributed by atoms with Crippen molar-refractivity contribution in [2.45, 2.75) is 20.0 Å². The van der Waals surface area contributed by atoms with Crippen molar-refractivity contribution >= 4 is 5.69 Å². The summed E-state index contributed by atoms with van der Waals surface area (Å²) in [5.74, 6) is -0.285. The van der Waals surface area contributed by atoms with Crippen molar-refractivity contribution in [2.24, 2.45) is 0 Å². The van der Waals surface area contributed by atoms with E-state index in [-0.39, 0.29) is 12.4 Å². The van der Waals surface area contributed by atoms with Gasteiger partial charge in [0, 0.05) is 37.4 Å². The van der Waals surface area contributed by atoms with Crippen LogP contribution in [0.2, 0.25) is 0 Å². The van der Waals surface area contributed by atoms with Crippen molar-refractivity contribution in [3.63, 3.8) is 0 Å². The lowest BCUT2D eigenvalue weighted by molar-refractivity contribution is 0.256. The minimum absolute atomic E-state index is 0.109. The second-order valence-corrected chi connectivity index (χ2v) is 4.76. The molecule has 0 saturated carbocycles. The molecule has 18 heavy (non-hydrogen) atoms. The number of aliphatic hydroxyl groups excluding tert-OH is 1. The fraction of sp³-hybridized carbons (Fsp3) is 0.571. The van der Waals surface area contributed by atoms with Gasteiger partial charge in [-0.15, -0.1) is 0 Å². The first-order chi connectivity index (χ1) is 8.74. The molecule has 1 heterocycles. The Kier molecular flexibility index (Phi) is 4.55. The van der Waals surface area contributed by atoms with Crippen LogP contribution in [0, 0.1) is 5.82 Å².